The van der Waals surface area contributed by atoms with E-state index in [2.05, 4.69) is 20.0 Å². The van der Waals surface area contributed by atoms with Crippen molar-refractivity contribution in [3.05, 3.63) is 114 Å². The number of benzene rings is 3. The Kier molecular flexibility index (Phi) is 6.79. The minimum Gasteiger partial charge on any atom is -0.322 e. The largest absolute Gasteiger partial charge is 0.322 e. The number of amides is 1. The van der Waals surface area contributed by atoms with Gasteiger partial charge in [-0.15, -0.1) is 0 Å². The van der Waals surface area contributed by atoms with Gasteiger partial charge in [0.2, 0.25) is 5.95 Å². The van der Waals surface area contributed by atoms with E-state index in [1.807, 2.05) is 66.7 Å². The van der Waals surface area contributed by atoms with Crippen LogP contribution in [-0.4, -0.2) is 24.3 Å². The Hall–Kier alpha value is -4.30. The summed E-state index contributed by atoms with van der Waals surface area (Å²) in [6.45, 7) is 1.74. The molecular weight excluding hydrogens is 448 g/mol. The van der Waals surface area contributed by atoms with Crippen LogP contribution in [0.2, 0.25) is 0 Å². The molecule has 1 amide bonds. The molecule has 4 aromatic rings. The SMILES string of the molecule is Cc1ccnc(NS(=O)(=O)c2ccc(NC(=O)C(=Cc3ccccc3)c3ccccc3)cc2)n1. The maximum atomic E-state index is 13.1. The fourth-order valence-corrected chi connectivity index (χ4v) is 4.16. The van der Waals surface area contributed by atoms with Crippen molar-refractivity contribution in [3.8, 4) is 0 Å². The summed E-state index contributed by atoms with van der Waals surface area (Å²) in [5, 5.41) is 2.85. The Morgan fingerprint density at radius 2 is 1.50 bits per heavy atom. The van der Waals surface area contributed by atoms with Crippen LogP contribution in [0.4, 0.5) is 11.6 Å². The number of hydrogen-bond acceptors (Lipinski definition) is 5. The molecule has 0 spiro atoms. The lowest BCUT2D eigenvalue weighted by Crippen LogP contribution is -2.16. The molecule has 34 heavy (non-hydrogen) atoms. The third kappa shape index (κ3) is 5.73. The number of aryl methyl sites for hydroxylation is 1. The van der Waals surface area contributed by atoms with Crippen molar-refractivity contribution in [2.24, 2.45) is 0 Å². The van der Waals surface area contributed by atoms with Gasteiger partial charge in [-0.1, -0.05) is 60.7 Å². The van der Waals surface area contributed by atoms with Crippen LogP contribution in [0.25, 0.3) is 11.6 Å². The molecule has 1 heterocycles. The molecule has 7 nitrogen and oxygen atoms in total. The molecule has 8 heteroatoms. The predicted octanol–water partition coefficient (Wildman–Crippen LogP) is 4.77. The average molecular weight is 471 g/mol. The Labute approximate surface area is 198 Å². The van der Waals surface area contributed by atoms with Crippen molar-refractivity contribution in [1.82, 2.24) is 9.97 Å². The molecule has 170 valence electrons. The number of sulfonamides is 1. The van der Waals surface area contributed by atoms with Crippen LogP contribution in [-0.2, 0) is 14.8 Å². The molecule has 4 rings (SSSR count). The minimum atomic E-state index is -3.87. The number of nitrogens with one attached hydrogen (secondary N) is 2. The highest BCUT2D eigenvalue weighted by Gasteiger charge is 2.17. The van der Waals surface area contributed by atoms with Gasteiger partial charge in [0.1, 0.15) is 0 Å². The maximum absolute atomic E-state index is 13.1. The van der Waals surface area contributed by atoms with E-state index in [9.17, 15) is 13.2 Å². The van der Waals surface area contributed by atoms with Crippen molar-refractivity contribution >= 4 is 39.2 Å². The molecular formula is C26H22N4O3S. The number of carbonyl (C=O) groups excluding carboxylic acids is 1. The number of hydrogen-bond donors (Lipinski definition) is 2. The molecule has 0 saturated heterocycles. The van der Waals surface area contributed by atoms with Crippen LogP contribution < -0.4 is 10.0 Å². The van der Waals surface area contributed by atoms with Crippen molar-refractivity contribution in [2.75, 3.05) is 10.0 Å². The lowest BCUT2D eigenvalue weighted by molar-refractivity contribution is -0.111. The summed E-state index contributed by atoms with van der Waals surface area (Å²) < 4.78 is 27.7. The van der Waals surface area contributed by atoms with E-state index in [-0.39, 0.29) is 16.8 Å². The van der Waals surface area contributed by atoms with Gasteiger partial charge in [0, 0.05) is 23.2 Å². The average Bonchev–Trinajstić information content (AvgIpc) is 2.84. The molecule has 1 aromatic heterocycles. The summed E-state index contributed by atoms with van der Waals surface area (Å²) in [4.78, 5) is 21.2. The maximum Gasteiger partial charge on any atom is 0.264 e. The van der Waals surface area contributed by atoms with Gasteiger partial charge in [-0.05, 0) is 54.5 Å². The predicted molar refractivity (Wildman–Crippen MR) is 133 cm³/mol. The van der Waals surface area contributed by atoms with E-state index < -0.39 is 10.0 Å². The Morgan fingerprint density at radius 3 is 2.15 bits per heavy atom. The summed E-state index contributed by atoms with van der Waals surface area (Å²) in [5.74, 6) is -0.312. The van der Waals surface area contributed by atoms with Crippen molar-refractivity contribution in [3.63, 3.8) is 0 Å². The molecule has 0 atom stereocenters. The topological polar surface area (TPSA) is 101 Å². The summed E-state index contributed by atoms with van der Waals surface area (Å²) in [7, 11) is -3.87. The van der Waals surface area contributed by atoms with Crippen LogP contribution in [0, 0.1) is 6.92 Å². The standard InChI is InChI=1S/C26H22N4O3S/c1-19-16-17-27-26(28-19)30-34(32,33)23-14-12-22(13-15-23)29-25(31)24(21-10-6-3-7-11-21)18-20-8-4-2-5-9-20/h2-18H,1H3,(H,29,31)(H,27,28,30). The molecule has 0 unspecified atom stereocenters. The van der Waals surface area contributed by atoms with E-state index in [4.69, 9.17) is 0 Å². The normalized spacial score (nSPS) is 11.6. The first-order valence-electron chi connectivity index (χ1n) is 10.5. The fourth-order valence-electron chi connectivity index (χ4n) is 3.21. The van der Waals surface area contributed by atoms with Gasteiger partial charge in [0.25, 0.3) is 15.9 Å². The van der Waals surface area contributed by atoms with Gasteiger partial charge in [0.05, 0.1) is 4.90 Å². The number of nitrogens with zero attached hydrogens (tertiary/aromatic N) is 2. The first kappa shape index (κ1) is 22.9. The van der Waals surface area contributed by atoms with E-state index >= 15 is 0 Å². The molecule has 0 fully saturated rings. The minimum absolute atomic E-state index is 0.00377. The van der Waals surface area contributed by atoms with Crippen LogP contribution >= 0.6 is 0 Å². The molecule has 0 aliphatic carbocycles. The summed E-state index contributed by atoms with van der Waals surface area (Å²) >= 11 is 0. The zero-order valence-corrected chi connectivity index (χ0v) is 19.2. The highest BCUT2D eigenvalue weighted by atomic mass is 32.2. The van der Waals surface area contributed by atoms with Crippen LogP contribution in [0.15, 0.2) is 102 Å². The number of aromatic nitrogens is 2. The van der Waals surface area contributed by atoms with Gasteiger partial charge in [0.15, 0.2) is 0 Å². The van der Waals surface area contributed by atoms with Crippen molar-refractivity contribution < 1.29 is 13.2 Å². The number of rotatable bonds is 7. The lowest BCUT2D eigenvalue weighted by Gasteiger charge is -2.11. The zero-order chi connectivity index (χ0) is 24.0. The van der Waals surface area contributed by atoms with E-state index in [1.54, 1.807) is 13.0 Å². The second-order valence-electron chi connectivity index (χ2n) is 7.44. The third-order valence-electron chi connectivity index (χ3n) is 4.88. The fraction of sp³-hybridized carbons (Fsp3) is 0.0385. The van der Waals surface area contributed by atoms with Crippen molar-refractivity contribution in [1.29, 1.82) is 0 Å². The zero-order valence-electron chi connectivity index (χ0n) is 18.3. The lowest BCUT2D eigenvalue weighted by atomic mass is 10.0. The van der Waals surface area contributed by atoms with Gasteiger partial charge in [-0.2, -0.15) is 0 Å². The Morgan fingerprint density at radius 1 is 0.853 bits per heavy atom. The third-order valence-corrected chi connectivity index (χ3v) is 6.23. The second kappa shape index (κ2) is 10.1. The number of anilines is 2. The molecule has 0 saturated carbocycles. The molecule has 3 aromatic carbocycles. The monoisotopic (exact) mass is 470 g/mol. The van der Waals surface area contributed by atoms with Gasteiger partial charge < -0.3 is 5.32 Å². The quantitative estimate of drug-likeness (QED) is 0.299. The highest BCUT2D eigenvalue weighted by Crippen LogP contribution is 2.22. The Bertz CT molecular complexity index is 1420. The molecule has 0 aliphatic rings. The van der Waals surface area contributed by atoms with E-state index in [1.165, 1.54) is 30.5 Å². The molecule has 0 bridgehead atoms. The van der Waals surface area contributed by atoms with E-state index in [0.717, 1.165) is 11.1 Å². The first-order chi connectivity index (χ1) is 16.4. The van der Waals surface area contributed by atoms with Gasteiger partial charge in [-0.25, -0.2) is 23.1 Å². The summed E-state index contributed by atoms with van der Waals surface area (Å²) in [6.07, 6.45) is 3.29. The summed E-state index contributed by atoms with van der Waals surface area (Å²) in [6, 6.07) is 26.5. The molecule has 2 N–H and O–H groups in total. The van der Waals surface area contributed by atoms with Crippen LogP contribution in [0.1, 0.15) is 16.8 Å². The highest BCUT2D eigenvalue weighted by molar-refractivity contribution is 7.92. The molecule has 0 aliphatic heterocycles. The second-order valence-corrected chi connectivity index (χ2v) is 9.12. The van der Waals surface area contributed by atoms with Gasteiger partial charge >= 0.3 is 0 Å². The van der Waals surface area contributed by atoms with Crippen LogP contribution in [0.5, 0.6) is 0 Å². The smallest absolute Gasteiger partial charge is 0.264 e. The number of carbonyl (C=O) groups is 1. The van der Waals surface area contributed by atoms with Crippen molar-refractivity contribution in [2.45, 2.75) is 11.8 Å². The molecule has 0 radical (unpaired) electrons. The Balaban J connectivity index is 1.54. The van der Waals surface area contributed by atoms with Crippen LogP contribution in [0.3, 0.4) is 0 Å². The summed E-state index contributed by atoms with van der Waals surface area (Å²) in [5.41, 5.74) is 3.25. The first-order valence-corrected chi connectivity index (χ1v) is 11.9. The van der Waals surface area contributed by atoms with Gasteiger partial charge in [-0.3, -0.25) is 4.79 Å². The van der Waals surface area contributed by atoms with E-state index in [0.29, 0.717) is 17.0 Å².